The maximum absolute atomic E-state index is 4.40. The van der Waals surface area contributed by atoms with Gasteiger partial charge in [0.25, 0.3) is 0 Å². The largest absolute Gasteiger partial charge is 0.314 e. The lowest BCUT2D eigenvalue weighted by Crippen LogP contribution is -2.28. The smallest absolute Gasteiger partial charge is 0.138 e. The zero-order chi connectivity index (χ0) is 13.1. The Kier molecular flexibility index (Phi) is 4.38. The van der Waals surface area contributed by atoms with Gasteiger partial charge in [0, 0.05) is 18.5 Å². The second kappa shape index (κ2) is 5.83. The zero-order valence-electron chi connectivity index (χ0n) is 12.1. The number of aromatic nitrogens is 3. The molecule has 0 aromatic carbocycles. The average molecular weight is 250 g/mol. The third kappa shape index (κ3) is 3.55. The van der Waals surface area contributed by atoms with Crippen molar-refractivity contribution in [2.75, 3.05) is 6.54 Å². The minimum Gasteiger partial charge on any atom is -0.314 e. The number of rotatable bonds is 7. The molecule has 0 amide bonds. The highest BCUT2D eigenvalue weighted by atomic mass is 15.3. The summed E-state index contributed by atoms with van der Waals surface area (Å²) in [6, 6.07) is 1.20. The number of hydrogen-bond donors (Lipinski definition) is 1. The van der Waals surface area contributed by atoms with Crippen molar-refractivity contribution >= 4 is 0 Å². The Morgan fingerprint density at radius 1 is 1.28 bits per heavy atom. The molecule has 0 aliphatic heterocycles. The van der Waals surface area contributed by atoms with Crippen LogP contribution in [0.4, 0.5) is 0 Å². The maximum atomic E-state index is 4.40. The van der Waals surface area contributed by atoms with Gasteiger partial charge in [-0.1, -0.05) is 13.8 Å². The monoisotopic (exact) mass is 250 g/mol. The SMILES string of the molecule is CC(CNC1CC1)C(C)Cc1ncnn1C(C)C. The molecular formula is C14H26N4. The second-order valence-electron chi connectivity index (χ2n) is 6.06. The molecule has 1 aliphatic carbocycles. The molecule has 1 heterocycles. The molecule has 0 spiro atoms. The van der Waals surface area contributed by atoms with Gasteiger partial charge in [-0.25, -0.2) is 9.67 Å². The Bertz CT molecular complexity index is 368. The van der Waals surface area contributed by atoms with E-state index in [4.69, 9.17) is 0 Å². The van der Waals surface area contributed by atoms with Crippen LogP contribution in [0.25, 0.3) is 0 Å². The first-order chi connectivity index (χ1) is 8.58. The second-order valence-corrected chi connectivity index (χ2v) is 6.06. The van der Waals surface area contributed by atoms with Gasteiger partial charge in [-0.05, 0) is 45.1 Å². The van der Waals surface area contributed by atoms with E-state index in [1.54, 1.807) is 6.33 Å². The third-order valence-electron chi connectivity index (χ3n) is 3.92. The molecular weight excluding hydrogens is 224 g/mol. The van der Waals surface area contributed by atoms with Crippen LogP contribution in [0, 0.1) is 11.8 Å². The molecule has 4 nitrogen and oxygen atoms in total. The summed E-state index contributed by atoms with van der Waals surface area (Å²) in [6.45, 7) is 10.1. The topological polar surface area (TPSA) is 42.7 Å². The van der Waals surface area contributed by atoms with Crippen molar-refractivity contribution in [2.45, 2.75) is 59.0 Å². The van der Waals surface area contributed by atoms with Crippen molar-refractivity contribution in [3.63, 3.8) is 0 Å². The Labute approximate surface area is 110 Å². The fraction of sp³-hybridized carbons (Fsp3) is 0.857. The first-order valence-corrected chi connectivity index (χ1v) is 7.19. The van der Waals surface area contributed by atoms with E-state index in [0.717, 1.165) is 24.8 Å². The molecule has 1 aromatic rings. The van der Waals surface area contributed by atoms with Crippen LogP contribution >= 0.6 is 0 Å². The molecule has 1 aromatic heterocycles. The van der Waals surface area contributed by atoms with E-state index < -0.39 is 0 Å². The van der Waals surface area contributed by atoms with Gasteiger partial charge in [-0.3, -0.25) is 0 Å². The van der Waals surface area contributed by atoms with Gasteiger partial charge in [0.05, 0.1) is 0 Å². The highest BCUT2D eigenvalue weighted by Crippen LogP contribution is 2.21. The van der Waals surface area contributed by atoms with Crippen LogP contribution in [0.5, 0.6) is 0 Å². The molecule has 1 aliphatic rings. The lowest BCUT2D eigenvalue weighted by molar-refractivity contribution is 0.349. The van der Waals surface area contributed by atoms with Gasteiger partial charge in [-0.15, -0.1) is 0 Å². The molecule has 0 radical (unpaired) electrons. The molecule has 0 saturated heterocycles. The summed E-state index contributed by atoms with van der Waals surface area (Å²) in [7, 11) is 0. The van der Waals surface area contributed by atoms with E-state index in [-0.39, 0.29) is 0 Å². The Hall–Kier alpha value is -0.900. The van der Waals surface area contributed by atoms with E-state index in [1.165, 1.54) is 12.8 Å². The lowest BCUT2D eigenvalue weighted by atomic mass is 9.92. The third-order valence-corrected chi connectivity index (χ3v) is 3.92. The first kappa shape index (κ1) is 13.5. The highest BCUT2D eigenvalue weighted by molar-refractivity contribution is 4.90. The van der Waals surface area contributed by atoms with Crippen LogP contribution in [-0.2, 0) is 6.42 Å². The quantitative estimate of drug-likeness (QED) is 0.808. The molecule has 4 heteroatoms. The predicted molar refractivity (Wildman–Crippen MR) is 73.5 cm³/mol. The summed E-state index contributed by atoms with van der Waals surface area (Å²) in [5.74, 6) is 2.44. The summed E-state index contributed by atoms with van der Waals surface area (Å²) in [5.41, 5.74) is 0. The number of nitrogens with one attached hydrogen (secondary N) is 1. The average Bonchev–Trinajstić information content (AvgIpc) is 3.04. The molecule has 1 fully saturated rings. The lowest BCUT2D eigenvalue weighted by Gasteiger charge is -2.20. The van der Waals surface area contributed by atoms with Gasteiger partial charge in [-0.2, -0.15) is 5.10 Å². The minimum absolute atomic E-state index is 0.398. The maximum Gasteiger partial charge on any atom is 0.138 e. The van der Waals surface area contributed by atoms with Gasteiger partial charge >= 0.3 is 0 Å². The van der Waals surface area contributed by atoms with Crippen molar-refractivity contribution in [1.82, 2.24) is 20.1 Å². The molecule has 2 unspecified atom stereocenters. The van der Waals surface area contributed by atoms with Crippen LogP contribution in [0.1, 0.15) is 52.4 Å². The van der Waals surface area contributed by atoms with E-state index in [2.05, 4.69) is 43.1 Å². The molecule has 0 bridgehead atoms. The van der Waals surface area contributed by atoms with Crippen LogP contribution < -0.4 is 5.32 Å². The summed E-state index contributed by atoms with van der Waals surface area (Å²) in [4.78, 5) is 4.40. The molecule has 18 heavy (non-hydrogen) atoms. The fourth-order valence-electron chi connectivity index (χ4n) is 2.18. The van der Waals surface area contributed by atoms with Crippen molar-refractivity contribution < 1.29 is 0 Å². The number of hydrogen-bond acceptors (Lipinski definition) is 3. The van der Waals surface area contributed by atoms with E-state index in [9.17, 15) is 0 Å². The van der Waals surface area contributed by atoms with Crippen LogP contribution in [-0.4, -0.2) is 27.4 Å². The Morgan fingerprint density at radius 3 is 2.61 bits per heavy atom. The zero-order valence-corrected chi connectivity index (χ0v) is 12.1. The summed E-state index contributed by atoms with van der Waals surface area (Å²) in [5, 5.41) is 7.91. The van der Waals surface area contributed by atoms with Crippen LogP contribution in [0.2, 0.25) is 0 Å². The standard InChI is InChI=1S/C14H26N4/c1-10(2)18-14(16-9-17-18)7-11(3)12(4)8-15-13-5-6-13/h9-13,15H,5-8H2,1-4H3. The summed E-state index contributed by atoms with van der Waals surface area (Å²) < 4.78 is 2.04. The molecule has 2 rings (SSSR count). The molecule has 2 atom stereocenters. The van der Waals surface area contributed by atoms with E-state index in [0.29, 0.717) is 17.9 Å². The van der Waals surface area contributed by atoms with E-state index >= 15 is 0 Å². The van der Waals surface area contributed by atoms with Gasteiger partial charge in [0.1, 0.15) is 12.2 Å². The van der Waals surface area contributed by atoms with Gasteiger partial charge in [0.15, 0.2) is 0 Å². The van der Waals surface area contributed by atoms with Crippen LogP contribution in [0.15, 0.2) is 6.33 Å². The van der Waals surface area contributed by atoms with Crippen molar-refractivity contribution in [2.24, 2.45) is 11.8 Å². The first-order valence-electron chi connectivity index (χ1n) is 7.19. The van der Waals surface area contributed by atoms with Crippen molar-refractivity contribution in [1.29, 1.82) is 0 Å². The molecule has 1 N–H and O–H groups in total. The minimum atomic E-state index is 0.398. The highest BCUT2D eigenvalue weighted by Gasteiger charge is 2.23. The molecule has 102 valence electrons. The fourth-order valence-corrected chi connectivity index (χ4v) is 2.18. The van der Waals surface area contributed by atoms with Crippen LogP contribution in [0.3, 0.4) is 0 Å². The Balaban J connectivity index is 1.84. The van der Waals surface area contributed by atoms with Gasteiger partial charge in [0.2, 0.25) is 0 Å². The van der Waals surface area contributed by atoms with E-state index in [1.807, 2.05) is 4.68 Å². The summed E-state index contributed by atoms with van der Waals surface area (Å²) >= 11 is 0. The normalized spacial score (nSPS) is 19.2. The molecule has 1 saturated carbocycles. The van der Waals surface area contributed by atoms with Crippen molar-refractivity contribution in [3.05, 3.63) is 12.2 Å². The van der Waals surface area contributed by atoms with Crippen molar-refractivity contribution in [3.8, 4) is 0 Å². The summed E-state index contributed by atoms with van der Waals surface area (Å²) in [6.07, 6.45) is 5.42. The Morgan fingerprint density at radius 2 is 2.00 bits per heavy atom. The predicted octanol–water partition coefficient (Wildman–Crippen LogP) is 2.43. The number of nitrogens with zero attached hydrogens (tertiary/aromatic N) is 3. The van der Waals surface area contributed by atoms with Gasteiger partial charge < -0.3 is 5.32 Å².